The second kappa shape index (κ2) is 10.9. The molecular formula is C26H27FNO5P. The molecule has 0 bridgehead atoms. The molecule has 3 aromatic rings. The first-order valence-electron chi connectivity index (χ1n) is 10.8. The molecule has 34 heavy (non-hydrogen) atoms. The highest BCUT2D eigenvalue weighted by Gasteiger charge is 2.23. The van der Waals surface area contributed by atoms with Crippen molar-refractivity contribution in [1.29, 1.82) is 0 Å². The molecule has 6 nitrogen and oxygen atoms in total. The lowest BCUT2D eigenvalue weighted by atomic mass is 9.92. The van der Waals surface area contributed by atoms with Crippen molar-refractivity contribution >= 4 is 19.4 Å². The zero-order valence-corrected chi connectivity index (χ0v) is 19.8. The van der Waals surface area contributed by atoms with E-state index < -0.39 is 32.0 Å². The second-order valence-electron chi connectivity index (χ2n) is 8.39. The monoisotopic (exact) mass is 483 g/mol. The lowest BCUT2D eigenvalue weighted by molar-refractivity contribution is -0.138. The van der Waals surface area contributed by atoms with Crippen molar-refractivity contribution in [3.8, 4) is 22.4 Å². The van der Waals surface area contributed by atoms with E-state index >= 15 is 0 Å². The Morgan fingerprint density at radius 1 is 1.09 bits per heavy atom. The molecule has 0 saturated carbocycles. The van der Waals surface area contributed by atoms with Gasteiger partial charge in [0.05, 0.1) is 30.1 Å². The Hall–Kier alpha value is -3.12. The smallest absolute Gasteiger partial charge is 0.305 e. The maximum absolute atomic E-state index is 13.6. The molecule has 0 fully saturated rings. The lowest BCUT2D eigenvalue weighted by Crippen LogP contribution is -2.17. The van der Waals surface area contributed by atoms with E-state index in [4.69, 9.17) is 10.1 Å². The predicted molar refractivity (Wildman–Crippen MR) is 131 cm³/mol. The molecule has 2 atom stereocenters. The normalized spacial score (nSPS) is 14.3. The molecule has 0 radical (unpaired) electrons. The highest BCUT2D eigenvalue weighted by molar-refractivity contribution is 7.61. The SMILES string of the molecule is CC(C)c1nc(-c2ccccc2)cc(-c2ccc(F)cc2)c1/C=C/P(=O)(O)C[C@@H](O)CC(=O)O. The Bertz CT molecular complexity index is 1230. The molecule has 178 valence electrons. The van der Waals surface area contributed by atoms with Crippen LogP contribution < -0.4 is 0 Å². The Labute approximate surface area is 197 Å². The van der Waals surface area contributed by atoms with E-state index in [0.29, 0.717) is 28.1 Å². The van der Waals surface area contributed by atoms with Gasteiger partial charge in [-0.1, -0.05) is 56.3 Å². The molecule has 2 aromatic carbocycles. The van der Waals surface area contributed by atoms with E-state index in [1.165, 1.54) is 18.2 Å². The summed E-state index contributed by atoms with van der Waals surface area (Å²) < 4.78 is 26.3. The standard InChI is InChI=1S/C26H27FNO5P/c1-17(2)26-22(12-13-34(32,33)16-21(29)14-25(30)31)23(18-8-10-20(27)11-9-18)15-24(28-26)19-6-4-3-5-7-19/h3-13,15,17,21,29H,14,16H2,1-2H3,(H,30,31)(H,32,33)/b13-12+/t21-/m0/s1. The van der Waals surface area contributed by atoms with Crippen molar-refractivity contribution in [1.82, 2.24) is 4.98 Å². The Balaban J connectivity index is 2.14. The fourth-order valence-electron chi connectivity index (χ4n) is 3.63. The quantitative estimate of drug-likeness (QED) is 0.334. The summed E-state index contributed by atoms with van der Waals surface area (Å²) in [5.74, 6) is -0.568. The minimum atomic E-state index is -3.99. The topological polar surface area (TPSA) is 108 Å². The third-order valence-corrected chi connectivity index (χ3v) is 6.78. The number of aliphatic hydroxyl groups excluding tert-OH is 1. The molecule has 1 aromatic heterocycles. The summed E-state index contributed by atoms with van der Waals surface area (Å²) in [6, 6.07) is 17.4. The van der Waals surface area contributed by atoms with Crippen LogP contribution in [0.25, 0.3) is 28.5 Å². The molecule has 3 N–H and O–H groups in total. The van der Waals surface area contributed by atoms with Crippen molar-refractivity contribution in [3.05, 3.63) is 83.6 Å². The molecule has 0 amide bonds. The number of halogens is 1. The Kier molecular flexibility index (Phi) is 8.15. The number of carboxylic acids is 1. The second-order valence-corrected chi connectivity index (χ2v) is 10.6. The molecular weight excluding hydrogens is 456 g/mol. The number of hydrogen-bond acceptors (Lipinski definition) is 4. The zero-order chi connectivity index (χ0) is 24.9. The van der Waals surface area contributed by atoms with Gasteiger partial charge >= 0.3 is 5.97 Å². The van der Waals surface area contributed by atoms with Gasteiger partial charge in [-0.25, -0.2) is 4.39 Å². The number of benzene rings is 2. The molecule has 0 aliphatic heterocycles. The molecule has 3 rings (SSSR count). The summed E-state index contributed by atoms with van der Waals surface area (Å²) in [4.78, 5) is 26.0. The van der Waals surface area contributed by atoms with Crippen LogP contribution in [-0.4, -0.2) is 38.3 Å². The van der Waals surface area contributed by atoms with E-state index in [1.54, 1.807) is 12.1 Å². The van der Waals surface area contributed by atoms with Gasteiger partial charge in [0.25, 0.3) is 0 Å². The largest absolute Gasteiger partial charge is 0.481 e. The van der Waals surface area contributed by atoms with Crippen LogP contribution in [0.2, 0.25) is 0 Å². The summed E-state index contributed by atoms with van der Waals surface area (Å²) in [7, 11) is -3.99. The van der Waals surface area contributed by atoms with Crippen molar-refractivity contribution in [2.24, 2.45) is 0 Å². The third-order valence-electron chi connectivity index (χ3n) is 5.22. The van der Waals surface area contributed by atoms with E-state index in [-0.39, 0.29) is 11.7 Å². The van der Waals surface area contributed by atoms with E-state index in [9.17, 15) is 23.7 Å². The van der Waals surface area contributed by atoms with Gasteiger partial charge in [0.15, 0.2) is 0 Å². The Morgan fingerprint density at radius 3 is 2.32 bits per heavy atom. The number of carbonyl (C=O) groups is 1. The molecule has 0 spiro atoms. The minimum absolute atomic E-state index is 0.0433. The van der Waals surface area contributed by atoms with Gasteiger partial charge in [-0.15, -0.1) is 0 Å². The van der Waals surface area contributed by atoms with Crippen molar-refractivity contribution in [2.75, 3.05) is 6.16 Å². The predicted octanol–water partition coefficient (Wildman–Crippen LogP) is 5.75. The van der Waals surface area contributed by atoms with Crippen LogP contribution in [0.4, 0.5) is 4.39 Å². The van der Waals surface area contributed by atoms with Crippen LogP contribution in [-0.2, 0) is 9.36 Å². The first-order valence-corrected chi connectivity index (χ1v) is 12.7. The fourth-order valence-corrected chi connectivity index (χ4v) is 4.87. The first-order chi connectivity index (χ1) is 16.1. The maximum Gasteiger partial charge on any atom is 0.305 e. The van der Waals surface area contributed by atoms with Crippen LogP contribution in [0.3, 0.4) is 0 Å². The number of rotatable bonds is 9. The summed E-state index contributed by atoms with van der Waals surface area (Å²) in [5, 5.41) is 18.6. The van der Waals surface area contributed by atoms with Crippen LogP contribution >= 0.6 is 7.37 Å². The van der Waals surface area contributed by atoms with Gasteiger partial charge in [-0.3, -0.25) is 14.3 Å². The lowest BCUT2D eigenvalue weighted by Gasteiger charge is -2.18. The molecule has 0 aliphatic rings. The summed E-state index contributed by atoms with van der Waals surface area (Å²) >= 11 is 0. The number of carboxylic acid groups (broad SMARTS) is 1. The number of aliphatic carboxylic acids is 1. The molecule has 1 heterocycles. The molecule has 1 unspecified atom stereocenters. The molecule has 8 heteroatoms. The van der Waals surface area contributed by atoms with E-state index in [0.717, 1.165) is 11.4 Å². The van der Waals surface area contributed by atoms with Crippen LogP contribution in [0, 0.1) is 5.82 Å². The first kappa shape index (κ1) is 25.5. The van der Waals surface area contributed by atoms with E-state index in [1.807, 2.05) is 50.2 Å². The van der Waals surface area contributed by atoms with Crippen molar-refractivity contribution in [2.45, 2.75) is 32.3 Å². The van der Waals surface area contributed by atoms with Gasteiger partial charge in [-0.2, -0.15) is 0 Å². The van der Waals surface area contributed by atoms with Crippen molar-refractivity contribution < 1.29 is 28.9 Å². The number of nitrogens with zero attached hydrogens (tertiary/aromatic N) is 1. The average Bonchev–Trinajstić information content (AvgIpc) is 2.77. The summed E-state index contributed by atoms with van der Waals surface area (Å²) in [5.41, 5.74) is 4.31. The summed E-state index contributed by atoms with van der Waals surface area (Å²) in [6.07, 6.45) is -1.15. The number of aliphatic hydroxyl groups is 1. The van der Waals surface area contributed by atoms with E-state index in [2.05, 4.69) is 0 Å². The minimum Gasteiger partial charge on any atom is -0.481 e. The third kappa shape index (κ3) is 6.70. The fraction of sp³-hybridized carbons (Fsp3) is 0.231. The van der Waals surface area contributed by atoms with Crippen molar-refractivity contribution in [3.63, 3.8) is 0 Å². The molecule has 0 saturated heterocycles. The number of hydrogen-bond donors (Lipinski definition) is 3. The van der Waals surface area contributed by atoms with Gasteiger partial charge in [0, 0.05) is 16.9 Å². The van der Waals surface area contributed by atoms with Gasteiger partial charge < -0.3 is 15.1 Å². The van der Waals surface area contributed by atoms with Gasteiger partial charge in [0.2, 0.25) is 7.37 Å². The highest BCUT2D eigenvalue weighted by Crippen LogP contribution is 2.45. The zero-order valence-electron chi connectivity index (χ0n) is 18.9. The summed E-state index contributed by atoms with van der Waals surface area (Å²) in [6.45, 7) is 3.91. The maximum atomic E-state index is 13.6. The highest BCUT2D eigenvalue weighted by atomic mass is 31.2. The van der Waals surface area contributed by atoms with Crippen LogP contribution in [0.1, 0.15) is 37.4 Å². The molecule has 0 aliphatic carbocycles. The van der Waals surface area contributed by atoms with Gasteiger partial charge in [-0.05, 0) is 41.3 Å². The number of pyridine rings is 1. The van der Waals surface area contributed by atoms with Gasteiger partial charge in [0.1, 0.15) is 5.82 Å². The average molecular weight is 483 g/mol. The Morgan fingerprint density at radius 2 is 1.74 bits per heavy atom. The van der Waals surface area contributed by atoms with Crippen LogP contribution in [0.15, 0.2) is 66.5 Å². The number of aromatic nitrogens is 1. The van der Waals surface area contributed by atoms with Crippen LogP contribution in [0.5, 0.6) is 0 Å².